The van der Waals surface area contributed by atoms with E-state index in [9.17, 15) is 14.4 Å². The van der Waals surface area contributed by atoms with E-state index < -0.39 is 29.6 Å². The number of imide groups is 1. The fourth-order valence-electron chi connectivity index (χ4n) is 2.20. The van der Waals surface area contributed by atoms with Gasteiger partial charge in [-0.25, -0.2) is 4.79 Å². The predicted octanol–water partition coefficient (Wildman–Crippen LogP) is 2.81. The first-order valence-corrected chi connectivity index (χ1v) is 8.44. The number of amides is 3. The second kappa shape index (κ2) is 9.20. The molecule has 0 aliphatic carbocycles. The van der Waals surface area contributed by atoms with Crippen molar-refractivity contribution in [2.45, 2.75) is 59.1 Å². The molecule has 0 aromatic heterocycles. The Kier molecular flexibility index (Phi) is 7.61. The summed E-state index contributed by atoms with van der Waals surface area (Å²) in [6, 6.07) is 8.32. The first-order valence-electron chi connectivity index (χ1n) is 8.44. The lowest BCUT2D eigenvalue weighted by molar-refractivity contribution is -0.131. The summed E-state index contributed by atoms with van der Waals surface area (Å²) in [5, 5.41) is 4.90. The van der Waals surface area contributed by atoms with E-state index in [1.54, 1.807) is 20.8 Å². The molecule has 1 aromatic rings. The van der Waals surface area contributed by atoms with E-state index >= 15 is 0 Å². The molecule has 0 spiro atoms. The van der Waals surface area contributed by atoms with Crippen molar-refractivity contribution in [3.63, 3.8) is 0 Å². The van der Waals surface area contributed by atoms with Crippen molar-refractivity contribution in [1.29, 1.82) is 0 Å². The molecule has 2 N–H and O–H groups in total. The molecule has 0 saturated carbocycles. The number of rotatable bonds is 6. The van der Waals surface area contributed by atoms with Gasteiger partial charge in [0.05, 0.1) is 6.42 Å². The van der Waals surface area contributed by atoms with Gasteiger partial charge in [0.2, 0.25) is 11.8 Å². The molecule has 3 amide bonds. The minimum absolute atomic E-state index is 0.105. The van der Waals surface area contributed by atoms with E-state index in [-0.39, 0.29) is 12.3 Å². The summed E-state index contributed by atoms with van der Waals surface area (Å²) in [5.74, 6) is -0.772. The monoisotopic (exact) mass is 348 g/mol. The average Bonchev–Trinajstić information content (AvgIpc) is 2.44. The van der Waals surface area contributed by atoms with Gasteiger partial charge in [0.15, 0.2) is 0 Å². The van der Waals surface area contributed by atoms with Crippen LogP contribution in [0.2, 0.25) is 0 Å². The zero-order valence-corrected chi connectivity index (χ0v) is 15.6. The number of hydrogen-bond donors (Lipinski definition) is 2. The molecule has 25 heavy (non-hydrogen) atoms. The lowest BCUT2D eigenvalue weighted by atomic mass is 10.0. The number of alkyl carbamates (subject to hydrolysis) is 1. The number of carbonyl (C=O) groups is 3. The standard InChI is InChI=1S/C19H28N2O4/c1-13(2)11-15(20-18(24)25-19(3,4)5)17(23)21-16(22)12-14-9-7-6-8-10-14/h6-10,13,15H,11-12H2,1-5H3,(H,20,24)(H,21,22,23)/t15-/m1/s1. The molecule has 138 valence electrons. The van der Waals surface area contributed by atoms with E-state index in [0.29, 0.717) is 6.42 Å². The molecule has 0 saturated heterocycles. The molecule has 0 aliphatic rings. The topological polar surface area (TPSA) is 84.5 Å². The summed E-state index contributed by atoms with van der Waals surface area (Å²) >= 11 is 0. The zero-order valence-electron chi connectivity index (χ0n) is 15.6. The summed E-state index contributed by atoms with van der Waals surface area (Å²) in [5.41, 5.74) is 0.153. The van der Waals surface area contributed by atoms with Crippen molar-refractivity contribution in [1.82, 2.24) is 10.6 Å². The average molecular weight is 348 g/mol. The van der Waals surface area contributed by atoms with Gasteiger partial charge in [0, 0.05) is 0 Å². The van der Waals surface area contributed by atoms with Crippen LogP contribution in [0.25, 0.3) is 0 Å². The first-order chi connectivity index (χ1) is 11.6. The number of hydrogen-bond acceptors (Lipinski definition) is 4. The van der Waals surface area contributed by atoms with Crippen LogP contribution in [0, 0.1) is 5.92 Å². The highest BCUT2D eigenvalue weighted by Crippen LogP contribution is 2.10. The maximum absolute atomic E-state index is 12.4. The van der Waals surface area contributed by atoms with Crippen LogP contribution in [0.5, 0.6) is 0 Å². The van der Waals surface area contributed by atoms with Gasteiger partial charge < -0.3 is 10.1 Å². The third-order valence-electron chi connectivity index (χ3n) is 3.18. The molecule has 6 heteroatoms. The molecule has 1 rings (SSSR count). The molecular formula is C19H28N2O4. The van der Waals surface area contributed by atoms with Crippen molar-refractivity contribution in [2.75, 3.05) is 0 Å². The van der Waals surface area contributed by atoms with E-state index in [2.05, 4.69) is 10.6 Å². The second-order valence-corrected chi connectivity index (χ2v) is 7.40. The molecule has 0 heterocycles. The largest absolute Gasteiger partial charge is 0.444 e. The Hall–Kier alpha value is -2.37. The number of nitrogens with one attached hydrogen (secondary N) is 2. The van der Waals surface area contributed by atoms with Gasteiger partial charge in [0.1, 0.15) is 11.6 Å². The van der Waals surface area contributed by atoms with Gasteiger partial charge in [0.25, 0.3) is 0 Å². The van der Waals surface area contributed by atoms with Crippen LogP contribution < -0.4 is 10.6 Å². The van der Waals surface area contributed by atoms with Crippen LogP contribution in [0.1, 0.15) is 46.6 Å². The van der Waals surface area contributed by atoms with Crippen LogP contribution in [-0.2, 0) is 20.7 Å². The highest BCUT2D eigenvalue weighted by Gasteiger charge is 2.26. The van der Waals surface area contributed by atoms with E-state index in [1.807, 2.05) is 44.2 Å². The van der Waals surface area contributed by atoms with Gasteiger partial charge in [-0.15, -0.1) is 0 Å². The number of ether oxygens (including phenoxy) is 1. The lowest BCUT2D eigenvalue weighted by Crippen LogP contribution is -2.50. The molecule has 1 aromatic carbocycles. The normalized spacial score (nSPS) is 12.4. The SMILES string of the molecule is CC(C)C[C@@H](NC(=O)OC(C)(C)C)C(=O)NC(=O)Cc1ccccc1. The van der Waals surface area contributed by atoms with Gasteiger partial charge in [-0.05, 0) is 38.7 Å². The molecule has 1 atom stereocenters. The van der Waals surface area contributed by atoms with Crippen LogP contribution in [0.15, 0.2) is 30.3 Å². The van der Waals surface area contributed by atoms with Crippen molar-refractivity contribution in [3.05, 3.63) is 35.9 Å². The van der Waals surface area contributed by atoms with Gasteiger partial charge >= 0.3 is 6.09 Å². The maximum Gasteiger partial charge on any atom is 0.408 e. The highest BCUT2D eigenvalue weighted by atomic mass is 16.6. The van der Waals surface area contributed by atoms with Crippen LogP contribution >= 0.6 is 0 Å². The van der Waals surface area contributed by atoms with Gasteiger partial charge in [-0.3, -0.25) is 14.9 Å². The third-order valence-corrected chi connectivity index (χ3v) is 3.18. The van der Waals surface area contributed by atoms with Crippen molar-refractivity contribution in [2.24, 2.45) is 5.92 Å². The quantitative estimate of drug-likeness (QED) is 0.828. The minimum atomic E-state index is -0.824. The van der Waals surface area contributed by atoms with Crippen molar-refractivity contribution in [3.8, 4) is 0 Å². The van der Waals surface area contributed by atoms with Crippen LogP contribution in [-0.4, -0.2) is 29.6 Å². The molecule has 0 radical (unpaired) electrons. The molecule has 6 nitrogen and oxygen atoms in total. The van der Waals surface area contributed by atoms with Gasteiger partial charge in [-0.2, -0.15) is 0 Å². The zero-order chi connectivity index (χ0) is 19.0. The van der Waals surface area contributed by atoms with E-state index in [0.717, 1.165) is 5.56 Å². The maximum atomic E-state index is 12.4. The molecule has 0 aliphatic heterocycles. The summed E-state index contributed by atoms with van der Waals surface area (Å²) in [7, 11) is 0. The summed E-state index contributed by atoms with van der Waals surface area (Å²) in [6.45, 7) is 9.10. The predicted molar refractivity (Wildman–Crippen MR) is 95.9 cm³/mol. The molecule has 0 bridgehead atoms. The number of benzene rings is 1. The van der Waals surface area contributed by atoms with Crippen molar-refractivity contribution >= 4 is 17.9 Å². The Morgan fingerprint density at radius 1 is 1.08 bits per heavy atom. The second-order valence-electron chi connectivity index (χ2n) is 7.40. The fraction of sp³-hybridized carbons (Fsp3) is 0.526. The Balaban J connectivity index is 2.66. The fourth-order valence-corrected chi connectivity index (χ4v) is 2.20. The minimum Gasteiger partial charge on any atom is -0.444 e. The molecule has 0 unspecified atom stereocenters. The smallest absolute Gasteiger partial charge is 0.408 e. The lowest BCUT2D eigenvalue weighted by Gasteiger charge is -2.24. The Labute approximate surface area is 149 Å². The Bertz CT molecular complexity index is 591. The Morgan fingerprint density at radius 3 is 2.20 bits per heavy atom. The summed E-state index contributed by atoms with van der Waals surface area (Å²) in [4.78, 5) is 36.4. The first kappa shape index (κ1) is 20.7. The number of carbonyl (C=O) groups excluding carboxylic acids is 3. The third kappa shape index (κ3) is 8.88. The Morgan fingerprint density at radius 2 is 1.68 bits per heavy atom. The molecular weight excluding hydrogens is 320 g/mol. The van der Waals surface area contributed by atoms with Crippen LogP contribution in [0.3, 0.4) is 0 Å². The summed E-state index contributed by atoms with van der Waals surface area (Å²) in [6.07, 6.45) is -0.166. The van der Waals surface area contributed by atoms with Gasteiger partial charge in [-0.1, -0.05) is 44.2 Å². The van der Waals surface area contributed by atoms with Crippen molar-refractivity contribution < 1.29 is 19.1 Å². The molecule has 0 fully saturated rings. The summed E-state index contributed by atoms with van der Waals surface area (Å²) < 4.78 is 5.19. The highest BCUT2D eigenvalue weighted by molar-refractivity contribution is 5.99. The van der Waals surface area contributed by atoms with E-state index in [1.165, 1.54) is 0 Å². The van der Waals surface area contributed by atoms with Crippen LogP contribution in [0.4, 0.5) is 4.79 Å². The van der Waals surface area contributed by atoms with E-state index in [4.69, 9.17) is 4.74 Å².